The van der Waals surface area contributed by atoms with E-state index in [9.17, 15) is 9.18 Å². The highest BCUT2D eigenvalue weighted by atomic mass is 35.5. The van der Waals surface area contributed by atoms with E-state index in [0.29, 0.717) is 18.1 Å². The van der Waals surface area contributed by atoms with Crippen LogP contribution in [0.25, 0.3) is 11.1 Å². The highest BCUT2D eigenvalue weighted by Gasteiger charge is 2.33. The fraction of sp³-hybridized carbons (Fsp3) is 0.273. The molecule has 0 unspecified atom stereocenters. The van der Waals surface area contributed by atoms with Gasteiger partial charge in [-0.05, 0) is 49.6 Å². The van der Waals surface area contributed by atoms with E-state index in [2.05, 4.69) is 15.0 Å². The van der Waals surface area contributed by atoms with Crippen LogP contribution in [0.15, 0.2) is 48.9 Å². The molecule has 2 aromatic heterocycles. The lowest BCUT2D eigenvalue weighted by Crippen LogP contribution is -2.35. The van der Waals surface area contributed by atoms with Gasteiger partial charge in [0.1, 0.15) is 17.4 Å². The van der Waals surface area contributed by atoms with Crippen LogP contribution >= 0.6 is 11.6 Å². The largest absolute Gasteiger partial charge is 0.484 e. The van der Waals surface area contributed by atoms with E-state index in [-0.39, 0.29) is 23.6 Å². The lowest BCUT2D eigenvalue weighted by molar-refractivity contribution is -0.134. The molecule has 8 heteroatoms. The molecule has 1 aromatic carbocycles. The zero-order valence-corrected chi connectivity index (χ0v) is 17.1. The van der Waals surface area contributed by atoms with Crippen LogP contribution in [-0.2, 0) is 4.79 Å². The number of nitrogens with zero attached hydrogens (tertiary/aromatic N) is 4. The number of likely N-dealkylation sites (tertiary alicyclic amines) is 1. The SMILES string of the molecule is Cc1ncc(-c2ccncc2)c([C@@H]2CCCN2C(=O)COc2ccc(F)c(Cl)c2)n1. The van der Waals surface area contributed by atoms with E-state index < -0.39 is 5.82 Å². The molecule has 1 fully saturated rings. The average molecular weight is 427 g/mol. The third-order valence-electron chi connectivity index (χ3n) is 5.07. The van der Waals surface area contributed by atoms with Crippen molar-refractivity contribution in [3.05, 3.63) is 71.3 Å². The average Bonchev–Trinajstić information content (AvgIpc) is 3.25. The molecule has 4 rings (SSSR count). The van der Waals surface area contributed by atoms with Gasteiger partial charge in [-0.15, -0.1) is 0 Å². The van der Waals surface area contributed by atoms with Crippen molar-refractivity contribution in [1.29, 1.82) is 0 Å². The van der Waals surface area contributed by atoms with Crippen LogP contribution < -0.4 is 4.74 Å². The maximum atomic E-state index is 13.3. The predicted octanol–water partition coefficient (Wildman–Crippen LogP) is 4.38. The first-order valence-electron chi connectivity index (χ1n) is 9.64. The van der Waals surface area contributed by atoms with Gasteiger partial charge in [0.15, 0.2) is 6.61 Å². The van der Waals surface area contributed by atoms with E-state index in [1.54, 1.807) is 23.5 Å². The summed E-state index contributed by atoms with van der Waals surface area (Å²) in [5, 5.41) is -0.0440. The van der Waals surface area contributed by atoms with Gasteiger partial charge in [-0.1, -0.05) is 11.6 Å². The van der Waals surface area contributed by atoms with Crippen LogP contribution in [0.1, 0.15) is 30.4 Å². The molecule has 154 valence electrons. The molecule has 1 amide bonds. The Hall–Kier alpha value is -3.06. The third kappa shape index (κ3) is 4.26. The Morgan fingerprint density at radius 2 is 2.10 bits per heavy atom. The summed E-state index contributed by atoms with van der Waals surface area (Å²) in [6.07, 6.45) is 6.92. The molecule has 0 spiro atoms. The number of halogens is 2. The third-order valence-corrected chi connectivity index (χ3v) is 5.36. The summed E-state index contributed by atoms with van der Waals surface area (Å²) in [7, 11) is 0. The fourth-order valence-electron chi connectivity index (χ4n) is 3.64. The Kier molecular flexibility index (Phi) is 5.90. The van der Waals surface area contributed by atoms with Crippen molar-refractivity contribution >= 4 is 17.5 Å². The monoisotopic (exact) mass is 426 g/mol. The van der Waals surface area contributed by atoms with E-state index in [4.69, 9.17) is 16.3 Å². The smallest absolute Gasteiger partial charge is 0.261 e. The van der Waals surface area contributed by atoms with Crippen LogP contribution in [0.5, 0.6) is 5.75 Å². The summed E-state index contributed by atoms with van der Waals surface area (Å²) in [5.41, 5.74) is 2.67. The summed E-state index contributed by atoms with van der Waals surface area (Å²) >= 11 is 5.78. The molecular weight excluding hydrogens is 407 g/mol. The second-order valence-corrected chi connectivity index (χ2v) is 7.47. The number of carbonyl (C=O) groups excluding carboxylic acids is 1. The van der Waals surface area contributed by atoms with E-state index in [1.165, 1.54) is 18.2 Å². The Morgan fingerprint density at radius 3 is 2.87 bits per heavy atom. The minimum absolute atomic E-state index is 0.0440. The first-order valence-corrected chi connectivity index (χ1v) is 10.0. The maximum absolute atomic E-state index is 13.3. The topological polar surface area (TPSA) is 68.2 Å². The minimum atomic E-state index is -0.530. The number of hydrogen-bond acceptors (Lipinski definition) is 5. The highest BCUT2D eigenvalue weighted by Crippen LogP contribution is 2.36. The van der Waals surface area contributed by atoms with Crippen molar-refractivity contribution in [2.45, 2.75) is 25.8 Å². The molecule has 1 aliphatic rings. The van der Waals surface area contributed by atoms with Gasteiger partial charge in [-0.2, -0.15) is 0 Å². The van der Waals surface area contributed by atoms with Crippen molar-refractivity contribution < 1.29 is 13.9 Å². The lowest BCUT2D eigenvalue weighted by atomic mass is 10.0. The number of benzene rings is 1. The van der Waals surface area contributed by atoms with E-state index in [0.717, 1.165) is 29.7 Å². The number of aryl methyl sites for hydroxylation is 1. The maximum Gasteiger partial charge on any atom is 0.261 e. The number of ether oxygens (including phenoxy) is 1. The van der Waals surface area contributed by atoms with Gasteiger partial charge in [0.05, 0.1) is 16.8 Å². The molecular formula is C22H20ClFN4O2. The Labute approximate surface area is 178 Å². The van der Waals surface area contributed by atoms with Crippen molar-refractivity contribution in [3.8, 4) is 16.9 Å². The second-order valence-electron chi connectivity index (χ2n) is 7.06. The van der Waals surface area contributed by atoms with Crippen LogP contribution in [0.4, 0.5) is 4.39 Å². The van der Waals surface area contributed by atoms with Crippen molar-refractivity contribution in [2.75, 3.05) is 13.2 Å². The summed E-state index contributed by atoms with van der Waals surface area (Å²) in [5.74, 6) is 0.313. The number of aromatic nitrogens is 3. The van der Waals surface area contributed by atoms with Crippen molar-refractivity contribution in [2.24, 2.45) is 0 Å². The second kappa shape index (κ2) is 8.75. The summed E-state index contributed by atoms with van der Waals surface area (Å²) in [6, 6.07) is 7.67. The molecule has 1 saturated heterocycles. The molecule has 1 aliphatic heterocycles. The number of amides is 1. The Balaban J connectivity index is 1.55. The summed E-state index contributed by atoms with van der Waals surface area (Å²) in [6.45, 7) is 2.30. The van der Waals surface area contributed by atoms with Gasteiger partial charge in [0, 0.05) is 36.8 Å². The number of carbonyl (C=O) groups is 1. The zero-order valence-electron chi connectivity index (χ0n) is 16.4. The van der Waals surface area contributed by atoms with Crippen LogP contribution in [0.2, 0.25) is 5.02 Å². The summed E-state index contributed by atoms with van der Waals surface area (Å²) in [4.78, 5) is 27.8. The Bertz CT molecular complexity index is 1060. The normalized spacial score (nSPS) is 16.0. The van der Waals surface area contributed by atoms with Gasteiger partial charge in [-0.3, -0.25) is 9.78 Å². The molecule has 3 aromatic rings. The van der Waals surface area contributed by atoms with Crippen LogP contribution in [-0.4, -0.2) is 38.9 Å². The molecule has 30 heavy (non-hydrogen) atoms. The van der Waals surface area contributed by atoms with Crippen molar-refractivity contribution in [3.63, 3.8) is 0 Å². The zero-order chi connectivity index (χ0) is 21.1. The molecule has 1 atom stereocenters. The van der Waals surface area contributed by atoms with Crippen molar-refractivity contribution in [1.82, 2.24) is 19.9 Å². The number of hydrogen-bond donors (Lipinski definition) is 0. The summed E-state index contributed by atoms with van der Waals surface area (Å²) < 4.78 is 18.9. The van der Waals surface area contributed by atoms with Crippen LogP contribution in [0, 0.1) is 12.7 Å². The van der Waals surface area contributed by atoms with Crippen LogP contribution in [0.3, 0.4) is 0 Å². The molecule has 0 saturated carbocycles. The van der Waals surface area contributed by atoms with E-state index in [1.807, 2.05) is 19.1 Å². The van der Waals surface area contributed by atoms with Gasteiger partial charge in [-0.25, -0.2) is 14.4 Å². The van der Waals surface area contributed by atoms with Gasteiger partial charge < -0.3 is 9.64 Å². The quantitative estimate of drug-likeness (QED) is 0.605. The molecule has 3 heterocycles. The lowest BCUT2D eigenvalue weighted by Gasteiger charge is -2.26. The fourth-order valence-corrected chi connectivity index (χ4v) is 3.81. The number of rotatable bonds is 5. The van der Waals surface area contributed by atoms with Gasteiger partial charge in [0.25, 0.3) is 5.91 Å². The first-order chi connectivity index (χ1) is 14.5. The first kappa shape index (κ1) is 20.2. The van der Waals surface area contributed by atoms with Gasteiger partial charge in [0.2, 0.25) is 0 Å². The molecule has 6 nitrogen and oxygen atoms in total. The van der Waals surface area contributed by atoms with Gasteiger partial charge >= 0.3 is 0 Å². The molecule has 0 radical (unpaired) electrons. The minimum Gasteiger partial charge on any atom is -0.484 e. The predicted molar refractivity (Wildman–Crippen MR) is 111 cm³/mol. The van der Waals surface area contributed by atoms with E-state index >= 15 is 0 Å². The molecule has 0 N–H and O–H groups in total. The molecule has 0 bridgehead atoms. The Morgan fingerprint density at radius 1 is 1.30 bits per heavy atom. The standard InChI is InChI=1S/C22H20ClFN4O2/c1-14-26-12-17(15-6-8-25-9-7-15)22(27-14)20-3-2-10-28(20)21(29)13-30-16-4-5-19(24)18(23)11-16/h4-9,11-12,20H,2-3,10,13H2,1H3/t20-/m0/s1. The highest BCUT2D eigenvalue weighted by molar-refractivity contribution is 6.30. The molecule has 0 aliphatic carbocycles. The number of pyridine rings is 1.